The number of benzene rings is 2. The number of hydrogen-bond acceptors (Lipinski definition) is 6. The van der Waals surface area contributed by atoms with E-state index in [1.54, 1.807) is 20.8 Å². The van der Waals surface area contributed by atoms with Crippen LogP contribution in [0.4, 0.5) is 9.59 Å². The van der Waals surface area contributed by atoms with Crippen molar-refractivity contribution in [2.24, 2.45) is 5.73 Å². The van der Waals surface area contributed by atoms with Crippen molar-refractivity contribution in [3.8, 4) is 0 Å². The fourth-order valence-electron chi connectivity index (χ4n) is 3.50. The van der Waals surface area contributed by atoms with Crippen LogP contribution in [-0.2, 0) is 32.1 Å². The van der Waals surface area contributed by atoms with Gasteiger partial charge in [0.25, 0.3) is 0 Å². The zero-order valence-electron chi connectivity index (χ0n) is 22.2. The Bertz CT molecular complexity index is 1040. The number of carbonyl (C=O) groups excluding carboxylic acids is 4. The maximum Gasteiger partial charge on any atom is 0.408 e. The largest absolute Gasteiger partial charge is 0.445 e. The number of rotatable bonds is 13. The molecular weight excluding hydrogens is 488 g/mol. The van der Waals surface area contributed by atoms with Gasteiger partial charge in [-0.15, -0.1) is 0 Å². The molecule has 2 aromatic carbocycles. The zero-order valence-corrected chi connectivity index (χ0v) is 22.2. The van der Waals surface area contributed by atoms with Gasteiger partial charge in [0, 0.05) is 13.0 Å². The fraction of sp³-hybridized carbons (Fsp3) is 0.429. The first-order valence-corrected chi connectivity index (χ1v) is 12.6. The second-order valence-electron chi connectivity index (χ2n) is 9.84. The molecule has 0 fully saturated rings. The van der Waals surface area contributed by atoms with Gasteiger partial charge in [-0.05, 0) is 51.2 Å². The van der Waals surface area contributed by atoms with Crippen LogP contribution in [0.1, 0.15) is 51.2 Å². The summed E-state index contributed by atoms with van der Waals surface area (Å²) < 4.78 is 10.5. The highest BCUT2D eigenvalue weighted by Gasteiger charge is 2.26. The van der Waals surface area contributed by atoms with Crippen molar-refractivity contribution >= 4 is 24.0 Å². The minimum atomic E-state index is -0.975. The van der Waals surface area contributed by atoms with Crippen LogP contribution >= 0.6 is 0 Å². The third-order valence-electron chi connectivity index (χ3n) is 5.35. The normalized spacial score (nSPS) is 12.5. The fourth-order valence-corrected chi connectivity index (χ4v) is 3.50. The van der Waals surface area contributed by atoms with Gasteiger partial charge in [-0.3, -0.25) is 9.59 Å². The molecule has 0 heterocycles. The van der Waals surface area contributed by atoms with Gasteiger partial charge in [0.2, 0.25) is 11.8 Å². The number of amides is 4. The van der Waals surface area contributed by atoms with Crippen LogP contribution in [0.25, 0.3) is 0 Å². The van der Waals surface area contributed by atoms with Crippen molar-refractivity contribution in [1.29, 1.82) is 0 Å². The molecule has 206 valence electrons. The first-order chi connectivity index (χ1) is 18.0. The van der Waals surface area contributed by atoms with E-state index in [1.165, 1.54) is 0 Å². The Morgan fingerprint density at radius 3 is 2.00 bits per heavy atom. The van der Waals surface area contributed by atoms with Crippen LogP contribution in [0, 0.1) is 0 Å². The molecule has 38 heavy (non-hydrogen) atoms. The first kappa shape index (κ1) is 30.1. The van der Waals surface area contributed by atoms with E-state index >= 15 is 0 Å². The summed E-state index contributed by atoms with van der Waals surface area (Å²) in [5, 5.41) is 7.91. The Hall–Kier alpha value is -4.08. The molecule has 0 aliphatic carbocycles. The summed E-state index contributed by atoms with van der Waals surface area (Å²) >= 11 is 0. The maximum absolute atomic E-state index is 13.1. The molecule has 10 nitrogen and oxygen atoms in total. The lowest BCUT2D eigenvalue weighted by Crippen LogP contribution is -2.53. The summed E-state index contributed by atoms with van der Waals surface area (Å²) in [7, 11) is 0. The Morgan fingerprint density at radius 1 is 0.816 bits per heavy atom. The van der Waals surface area contributed by atoms with Gasteiger partial charge in [-0.1, -0.05) is 60.7 Å². The average Bonchev–Trinajstić information content (AvgIpc) is 2.86. The minimum Gasteiger partial charge on any atom is -0.445 e. The molecule has 2 atom stereocenters. The number of nitrogens with one attached hydrogen (secondary N) is 3. The van der Waals surface area contributed by atoms with E-state index in [-0.39, 0.29) is 19.4 Å². The quantitative estimate of drug-likeness (QED) is 0.295. The summed E-state index contributed by atoms with van der Waals surface area (Å²) in [6, 6.07) is 16.4. The number of unbranched alkanes of at least 4 members (excludes halogenated alkanes) is 1. The van der Waals surface area contributed by atoms with Crippen molar-refractivity contribution in [1.82, 2.24) is 16.0 Å². The minimum absolute atomic E-state index is 0.0404. The van der Waals surface area contributed by atoms with Gasteiger partial charge in [0.05, 0.1) is 0 Å². The third-order valence-corrected chi connectivity index (χ3v) is 5.35. The molecule has 10 heteroatoms. The topological polar surface area (TPSA) is 149 Å². The van der Waals surface area contributed by atoms with Crippen LogP contribution in [0.2, 0.25) is 0 Å². The summed E-state index contributed by atoms with van der Waals surface area (Å²) in [5.41, 5.74) is 6.57. The number of carbonyl (C=O) groups is 4. The molecule has 0 spiro atoms. The Kier molecular flexibility index (Phi) is 12.1. The molecule has 2 unspecified atom stereocenters. The molecule has 0 radical (unpaired) electrons. The predicted molar refractivity (Wildman–Crippen MR) is 143 cm³/mol. The summed E-state index contributed by atoms with van der Waals surface area (Å²) in [5.74, 6) is -1.24. The van der Waals surface area contributed by atoms with E-state index in [2.05, 4.69) is 16.0 Å². The molecule has 5 N–H and O–H groups in total. The van der Waals surface area contributed by atoms with Crippen molar-refractivity contribution in [2.45, 2.75) is 70.7 Å². The highest BCUT2D eigenvalue weighted by atomic mass is 16.6. The number of ether oxygens (including phenoxy) is 2. The number of hydrogen-bond donors (Lipinski definition) is 4. The Balaban J connectivity index is 1.96. The standard InChI is InChI=1S/C28H38N4O6/c1-28(2,3)38-26(35)30-17-11-10-16-22(32-27(36)37-19-21-14-8-5-9-15-21)25(34)31-23(24(29)33)18-20-12-6-4-7-13-20/h4-9,12-15,22-23H,10-11,16-19H2,1-3H3,(H2,29,33)(H,30,35)(H,31,34)(H,32,36). The highest BCUT2D eigenvalue weighted by Crippen LogP contribution is 2.09. The highest BCUT2D eigenvalue weighted by molar-refractivity contribution is 5.90. The molecule has 2 rings (SSSR count). The summed E-state index contributed by atoms with van der Waals surface area (Å²) in [6.07, 6.45) is 0.199. The third kappa shape index (κ3) is 12.2. The number of alkyl carbamates (subject to hydrolysis) is 2. The van der Waals surface area contributed by atoms with Crippen molar-refractivity contribution < 1.29 is 28.7 Å². The van der Waals surface area contributed by atoms with Crippen LogP contribution in [0.5, 0.6) is 0 Å². The molecule has 0 bridgehead atoms. The Labute approximate surface area is 223 Å². The second kappa shape index (κ2) is 15.2. The SMILES string of the molecule is CC(C)(C)OC(=O)NCCCCC(NC(=O)OCc1ccccc1)C(=O)NC(Cc1ccccc1)C(N)=O. The van der Waals surface area contributed by atoms with Crippen molar-refractivity contribution in [3.05, 3.63) is 71.8 Å². The van der Waals surface area contributed by atoms with Gasteiger partial charge in [0.1, 0.15) is 24.3 Å². The molecule has 0 aliphatic rings. The Morgan fingerprint density at radius 2 is 1.42 bits per heavy atom. The molecular formula is C28H38N4O6. The van der Waals surface area contributed by atoms with Crippen LogP contribution < -0.4 is 21.7 Å². The van der Waals surface area contributed by atoms with E-state index in [0.29, 0.717) is 19.4 Å². The second-order valence-corrected chi connectivity index (χ2v) is 9.84. The van der Waals surface area contributed by atoms with E-state index < -0.39 is 41.7 Å². The lowest BCUT2D eigenvalue weighted by atomic mass is 10.0. The zero-order chi connectivity index (χ0) is 28.0. The van der Waals surface area contributed by atoms with Crippen LogP contribution in [0.15, 0.2) is 60.7 Å². The molecule has 0 aromatic heterocycles. The molecule has 4 amide bonds. The van der Waals surface area contributed by atoms with Gasteiger partial charge in [-0.25, -0.2) is 9.59 Å². The average molecular weight is 527 g/mol. The van der Waals surface area contributed by atoms with Gasteiger partial charge >= 0.3 is 12.2 Å². The summed E-state index contributed by atoms with van der Waals surface area (Å²) in [4.78, 5) is 49.4. The lowest BCUT2D eigenvalue weighted by Gasteiger charge is -2.22. The van der Waals surface area contributed by atoms with Gasteiger partial charge in [-0.2, -0.15) is 0 Å². The van der Waals surface area contributed by atoms with Crippen molar-refractivity contribution in [3.63, 3.8) is 0 Å². The molecule has 2 aromatic rings. The van der Waals surface area contributed by atoms with E-state index in [4.69, 9.17) is 15.2 Å². The summed E-state index contributed by atoms with van der Waals surface area (Å²) in [6.45, 7) is 5.69. The number of nitrogens with two attached hydrogens (primary N) is 1. The van der Waals surface area contributed by atoms with Gasteiger partial charge < -0.3 is 31.2 Å². The monoisotopic (exact) mass is 526 g/mol. The van der Waals surface area contributed by atoms with Gasteiger partial charge in [0.15, 0.2) is 0 Å². The van der Waals surface area contributed by atoms with E-state index in [9.17, 15) is 19.2 Å². The molecule has 0 saturated carbocycles. The van der Waals surface area contributed by atoms with E-state index in [1.807, 2.05) is 60.7 Å². The maximum atomic E-state index is 13.1. The first-order valence-electron chi connectivity index (χ1n) is 12.6. The smallest absolute Gasteiger partial charge is 0.408 e. The predicted octanol–water partition coefficient (Wildman–Crippen LogP) is 3.19. The number of primary amides is 1. The van der Waals surface area contributed by atoms with Crippen LogP contribution in [-0.4, -0.2) is 48.2 Å². The molecule has 0 saturated heterocycles. The van der Waals surface area contributed by atoms with Crippen LogP contribution in [0.3, 0.4) is 0 Å². The lowest BCUT2D eigenvalue weighted by molar-refractivity contribution is -0.128. The van der Waals surface area contributed by atoms with Crippen molar-refractivity contribution in [2.75, 3.05) is 6.54 Å². The van der Waals surface area contributed by atoms with E-state index in [0.717, 1.165) is 11.1 Å². The molecule has 0 aliphatic heterocycles.